The summed E-state index contributed by atoms with van der Waals surface area (Å²) in [7, 11) is 1.98. The number of imide groups is 2. The van der Waals surface area contributed by atoms with Gasteiger partial charge in [0, 0.05) is 85.6 Å². The fraction of sp³-hybridized carbons (Fsp3) is 0.429. The van der Waals surface area contributed by atoms with Crippen LogP contribution in [-0.2, 0) is 9.47 Å². The molecule has 0 aliphatic carbocycles. The van der Waals surface area contributed by atoms with Crippen molar-refractivity contribution in [2.75, 3.05) is 109 Å². The van der Waals surface area contributed by atoms with Crippen molar-refractivity contribution in [2.45, 2.75) is 20.3 Å². The van der Waals surface area contributed by atoms with Crippen LogP contribution in [0.4, 0.5) is 11.4 Å². The van der Waals surface area contributed by atoms with E-state index >= 15 is 0 Å². The summed E-state index contributed by atoms with van der Waals surface area (Å²) in [5.41, 5.74) is 4.22. The summed E-state index contributed by atoms with van der Waals surface area (Å²) >= 11 is 0. The Bertz CT molecular complexity index is 2060. The lowest BCUT2D eigenvalue weighted by molar-refractivity contribution is 0.0589. The summed E-state index contributed by atoms with van der Waals surface area (Å²) in [6, 6.07) is 19.3. The summed E-state index contributed by atoms with van der Waals surface area (Å²) in [5, 5.41) is 6.65. The van der Waals surface area contributed by atoms with Crippen molar-refractivity contribution in [1.82, 2.24) is 20.0 Å². The van der Waals surface area contributed by atoms with E-state index in [1.54, 1.807) is 6.07 Å². The smallest absolute Gasteiger partial charge is 0.261 e. The van der Waals surface area contributed by atoms with E-state index in [0.29, 0.717) is 74.9 Å². The van der Waals surface area contributed by atoms with Crippen molar-refractivity contribution in [3.63, 3.8) is 0 Å². The molecule has 0 spiro atoms. The van der Waals surface area contributed by atoms with E-state index in [1.807, 2.05) is 63.4 Å². The lowest BCUT2D eigenvalue weighted by Crippen LogP contribution is -2.45. The molecule has 54 heavy (non-hydrogen) atoms. The van der Waals surface area contributed by atoms with E-state index in [1.165, 1.54) is 9.80 Å². The SMILES string of the molecule is CC.CN(CCCNCCN1C(=O)c2cccc3cc(N4CCOCC4)cc(c23)C1=O)CCN1C(=O)c2cccc3cc(N4CCOCC4)cc(c23)C1=O. The highest BCUT2D eigenvalue weighted by Crippen LogP contribution is 2.36. The first-order chi connectivity index (χ1) is 26.4. The molecule has 284 valence electrons. The van der Waals surface area contributed by atoms with Crippen LogP contribution in [0.25, 0.3) is 21.5 Å². The van der Waals surface area contributed by atoms with Gasteiger partial charge in [0.25, 0.3) is 23.6 Å². The van der Waals surface area contributed by atoms with Crippen LogP contribution in [0.15, 0.2) is 60.7 Å². The van der Waals surface area contributed by atoms with Gasteiger partial charge in [0.2, 0.25) is 0 Å². The van der Waals surface area contributed by atoms with Gasteiger partial charge in [0.15, 0.2) is 0 Å². The number of amides is 4. The molecule has 0 radical (unpaired) electrons. The number of hydrogen-bond donors (Lipinski definition) is 1. The zero-order valence-corrected chi connectivity index (χ0v) is 31.6. The number of hydrogen-bond acceptors (Lipinski definition) is 10. The molecule has 4 aromatic rings. The molecule has 0 unspecified atom stereocenters. The number of ether oxygens (including phenoxy) is 2. The van der Waals surface area contributed by atoms with Crippen LogP contribution in [0.3, 0.4) is 0 Å². The van der Waals surface area contributed by atoms with E-state index in [-0.39, 0.29) is 30.2 Å². The zero-order valence-electron chi connectivity index (χ0n) is 31.6. The molecule has 0 atom stereocenters. The fourth-order valence-corrected chi connectivity index (χ4v) is 7.87. The number of carbonyl (C=O) groups excluding carboxylic acids is 4. The van der Waals surface area contributed by atoms with E-state index in [4.69, 9.17) is 9.47 Å². The minimum atomic E-state index is -0.262. The van der Waals surface area contributed by atoms with Crippen LogP contribution in [0.2, 0.25) is 0 Å². The Kier molecular flexibility index (Phi) is 11.5. The van der Waals surface area contributed by atoms with E-state index in [9.17, 15) is 19.2 Å². The minimum Gasteiger partial charge on any atom is -0.378 e. The second-order valence-electron chi connectivity index (χ2n) is 13.9. The monoisotopic (exact) mass is 734 g/mol. The number of morpholine rings is 2. The molecule has 4 aromatic carbocycles. The summed E-state index contributed by atoms with van der Waals surface area (Å²) in [4.78, 5) is 63.7. The van der Waals surface area contributed by atoms with Crippen molar-refractivity contribution in [3.05, 3.63) is 82.9 Å². The first-order valence-electron chi connectivity index (χ1n) is 19.3. The molecule has 0 saturated carbocycles. The first kappa shape index (κ1) is 37.4. The maximum absolute atomic E-state index is 13.8. The van der Waals surface area contributed by atoms with E-state index in [2.05, 4.69) is 32.1 Å². The summed E-state index contributed by atoms with van der Waals surface area (Å²) in [6.07, 6.45) is 0.816. The molecular weight excluding hydrogens is 684 g/mol. The van der Waals surface area contributed by atoms with Crippen molar-refractivity contribution < 1.29 is 28.7 Å². The normalized spacial score (nSPS) is 17.2. The third kappa shape index (κ3) is 7.31. The van der Waals surface area contributed by atoms with Crippen LogP contribution >= 0.6 is 0 Å². The van der Waals surface area contributed by atoms with Crippen LogP contribution in [0, 0.1) is 0 Å². The number of anilines is 2. The van der Waals surface area contributed by atoms with Gasteiger partial charge >= 0.3 is 0 Å². The molecule has 4 aliphatic rings. The summed E-state index contributed by atoms with van der Waals surface area (Å²) in [5.74, 6) is -1.03. The van der Waals surface area contributed by atoms with Gasteiger partial charge in [-0.3, -0.25) is 29.0 Å². The van der Waals surface area contributed by atoms with Gasteiger partial charge in [0.1, 0.15) is 0 Å². The highest BCUT2D eigenvalue weighted by molar-refractivity contribution is 6.27. The van der Waals surface area contributed by atoms with Crippen molar-refractivity contribution in [1.29, 1.82) is 0 Å². The Balaban J connectivity index is 0.00000221. The molecule has 8 rings (SSSR count). The van der Waals surface area contributed by atoms with Gasteiger partial charge in [-0.15, -0.1) is 0 Å². The average molecular weight is 735 g/mol. The number of nitrogens with zero attached hydrogens (tertiary/aromatic N) is 5. The number of nitrogens with one attached hydrogen (secondary N) is 1. The molecule has 2 saturated heterocycles. The van der Waals surface area contributed by atoms with Gasteiger partial charge in [-0.2, -0.15) is 0 Å². The van der Waals surface area contributed by atoms with Crippen LogP contribution in [-0.4, -0.2) is 137 Å². The molecule has 1 N–H and O–H groups in total. The van der Waals surface area contributed by atoms with Crippen LogP contribution < -0.4 is 15.1 Å². The second kappa shape index (κ2) is 16.6. The van der Waals surface area contributed by atoms with Crippen LogP contribution in [0.5, 0.6) is 0 Å². The quantitative estimate of drug-likeness (QED) is 0.165. The Labute approximate surface area is 316 Å². The Morgan fingerprint density at radius 2 is 1.06 bits per heavy atom. The molecular formula is C42H50N6O6. The first-order valence-corrected chi connectivity index (χ1v) is 19.3. The third-order valence-electron chi connectivity index (χ3n) is 10.7. The number of benzene rings is 4. The van der Waals surface area contributed by atoms with Gasteiger partial charge in [0.05, 0.1) is 37.6 Å². The Morgan fingerprint density at radius 3 is 1.56 bits per heavy atom. The maximum Gasteiger partial charge on any atom is 0.261 e. The minimum absolute atomic E-state index is 0.253. The molecule has 0 aromatic heterocycles. The number of rotatable bonds is 12. The largest absolute Gasteiger partial charge is 0.378 e. The molecule has 2 fully saturated rings. The van der Waals surface area contributed by atoms with Crippen LogP contribution in [0.1, 0.15) is 61.7 Å². The summed E-state index contributed by atoms with van der Waals surface area (Å²) in [6.45, 7) is 12.6. The average Bonchev–Trinajstić information content (AvgIpc) is 3.22. The highest BCUT2D eigenvalue weighted by atomic mass is 16.5. The van der Waals surface area contributed by atoms with Crippen molar-refractivity contribution >= 4 is 56.5 Å². The van der Waals surface area contributed by atoms with E-state index in [0.717, 1.165) is 72.1 Å². The lowest BCUT2D eigenvalue weighted by atomic mass is 9.93. The molecule has 4 amide bonds. The molecule has 4 heterocycles. The van der Waals surface area contributed by atoms with Gasteiger partial charge in [-0.1, -0.05) is 38.1 Å². The highest BCUT2D eigenvalue weighted by Gasteiger charge is 2.35. The van der Waals surface area contributed by atoms with Crippen molar-refractivity contribution in [3.8, 4) is 0 Å². The lowest BCUT2D eigenvalue weighted by Gasteiger charge is -2.32. The topological polar surface area (TPSA) is 115 Å². The Morgan fingerprint density at radius 1 is 0.593 bits per heavy atom. The molecule has 12 nitrogen and oxygen atoms in total. The summed E-state index contributed by atoms with van der Waals surface area (Å²) < 4.78 is 11.0. The maximum atomic E-state index is 13.8. The van der Waals surface area contributed by atoms with Gasteiger partial charge in [-0.25, -0.2) is 0 Å². The number of likely N-dealkylation sites (N-methyl/N-ethyl adjacent to an activating group) is 1. The second-order valence-corrected chi connectivity index (χ2v) is 13.9. The molecule has 4 aliphatic heterocycles. The zero-order chi connectivity index (χ0) is 37.8. The third-order valence-corrected chi connectivity index (χ3v) is 10.7. The predicted octanol–water partition coefficient (Wildman–Crippen LogP) is 4.50. The standard InChI is InChI=1S/C40H44N6O6.C2H6/c1-42(13-14-46-38(48)32-8-3-6-28-24-30(44-17-21-52-22-18-44)26-34(36(28)32)40(46)50)11-4-9-41-10-12-45-37(47)31-7-2-5-27-23-29(43-15-19-51-20-16-43)25-33(35(27)31)39(45)49;1-2/h2-3,5-8,23-26,41H,4,9-22H2,1H3;1-2H3. The fourth-order valence-electron chi connectivity index (χ4n) is 7.87. The van der Waals surface area contributed by atoms with E-state index < -0.39 is 0 Å². The van der Waals surface area contributed by atoms with Gasteiger partial charge in [-0.05, 0) is 73.7 Å². The molecule has 0 bridgehead atoms. The molecule has 12 heteroatoms. The number of carbonyl (C=O) groups is 4. The predicted molar refractivity (Wildman–Crippen MR) is 211 cm³/mol. The van der Waals surface area contributed by atoms with Crippen molar-refractivity contribution in [2.24, 2.45) is 0 Å². The Hall–Kier alpha value is -4.88. The van der Waals surface area contributed by atoms with Gasteiger partial charge < -0.3 is 29.5 Å².